The van der Waals surface area contributed by atoms with Crippen molar-refractivity contribution in [3.05, 3.63) is 59.1 Å². The van der Waals surface area contributed by atoms with Crippen molar-refractivity contribution >= 4 is 11.6 Å². The van der Waals surface area contributed by atoms with Crippen LogP contribution in [-0.2, 0) is 11.3 Å². The van der Waals surface area contributed by atoms with Gasteiger partial charge >= 0.3 is 5.88 Å². The van der Waals surface area contributed by atoms with Crippen LogP contribution in [0.2, 0.25) is 0 Å². The molecule has 1 aliphatic heterocycles. The van der Waals surface area contributed by atoms with Crippen molar-refractivity contribution in [2.24, 2.45) is 11.3 Å². The Labute approximate surface area is 166 Å². The average molecular weight is 378 g/mol. The van der Waals surface area contributed by atoms with E-state index in [2.05, 4.69) is 44.8 Å². The number of hydrogen-bond donors (Lipinski definition) is 1. The first-order valence-corrected chi connectivity index (χ1v) is 9.93. The smallest absolute Gasteiger partial charge is 0.305 e. The molecule has 0 saturated heterocycles. The largest absolute Gasteiger partial charge is 0.430 e. The van der Waals surface area contributed by atoms with Gasteiger partial charge in [0.15, 0.2) is 5.78 Å². The standard InChI is InChI=1S/C23H27N3O2/c1-14(2)12-26-13-25-22-20(21(26)24)18(15-8-6-5-7-9-15)19-16(27)10-23(3,4)11-17(19)28-22/h5-9,13-14,18,24H,10-12H2,1-4H3/p+1/t18-/m1/s1. The van der Waals surface area contributed by atoms with Crippen LogP contribution in [0.15, 0.2) is 48.0 Å². The Morgan fingerprint density at radius 1 is 1.25 bits per heavy atom. The van der Waals surface area contributed by atoms with Gasteiger partial charge in [0, 0.05) is 18.4 Å². The maximum absolute atomic E-state index is 13.2. The minimum absolute atomic E-state index is 0.119. The molecule has 5 nitrogen and oxygen atoms in total. The molecule has 0 spiro atoms. The van der Waals surface area contributed by atoms with Crippen molar-refractivity contribution in [1.82, 2.24) is 4.98 Å². The van der Waals surface area contributed by atoms with Gasteiger partial charge in [0.05, 0.1) is 12.5 Å². The summed E-state index contributed by atoms with van der Waals surface area (Å²) in [6.07, 6.45) is 2.98. The van der Waals surface area contributed by atoms with Gasteiger partial charge in [0.1, 0.15) is 11.3 Å². The molecule has 0 unspecified atom stereocenters. The Balaban J connectivity index is 1.94. The Morgan fingerprint density at radius 3 is 2.64 bits per heavy atom. The molecule has 2 aliphatic rings. The van der Waals surface area contributed by atoms with E-state index in [9.17, 15) is 4.79 Å². The van der Waals surface area contributed by atoms with Gasteiger partial charge < -0.3 is 10.5 Å². The molecule has 1 aromatic heterocycles. The lowest BCUT2D eigenvalue weighted by atomic mass is 9.70. The molecule has 0 radical (unpaired) electrons. The zero-order valence-corrected chi connectivity index (χ0v) is 17.0. The van der Waals surface area contributed by atoms with Crippen LogP contribution >= 0.6 is 0 Å². The number of nitrogens with zero attached hydrogens (tertiary/aromatic N) is 2. The molecular weight excluding hydrogens is 350 g/mol. The van der Waals surface area contributed by atoms with Gasteiger partial charge in [-0.15, -0.1) is 0 Å². The molecule has 2 heterocycles. The van der Waals surface area contributed by atoms with Crippen LogP contribution in [0.4, 0.5) is 5.82 Å². The van der Waals surface area contributed by atoms with Crippen molar-refractivity contribution < 1.29 is 14.1 Å². The quantitative estimate of drug-likeness (QED) is 0.826. The molecule has 0 bridgehead atoms. The maximum Gasteiger partial charge on any atom is 0.305 e. The maximum atomic E-state index is 13.2. The summed E-state index contributed by atoms with van der Waals surface area (Å²) in [5, 5.41) is 0. The Morgan fingerprint density at radius 2 is 1.96 bits per heavy atom. The van der Waals surface area contributed by atoms with Gasteiger partial charge in [-0.3, -0.25) is 4.79 Å². The Kier molecular flexibility index (Phi) is 4.48. The lowest BCUT2D eigenvalue weighted by Gasteiger charge is -2.37. The number of anilines is 1. The monoisotopic (exact) mass is 378 g/mol. The highest BCUT2D eigenvalue weighted by Gasteiger charge is 2.45. The number of allylic oxidation sites excluding steroid dienone is 2. The lowest BCUT2D eigenvalue weighted by molar-refractivity contribution is -0.691. The number of Topliss-reactive ketones (excluding diaryl/α,β-unsaturated/α-hetero) is 1. The van der Waals surface area contributed by atoms with E-state index in [4.69, 9.17) is 10.5 Å². The predicted octanol–water partition coefficient (Wildman–Crippen LogP) is 3.77. The highest BCUT2D eigenvalue weighted by molar-refractivity contribution is 6.00. The molecular formula is C23H28N3O2+. The van der Waals surface area contributed by atoms with Crippen LogP contribution < -0.4 is 15.0 Å². The third-order valence-electron chi connectivity index (χ3n) is 5.50. The highest BCUT2D eigenvalue weighted by atomic mass is 16.5. The van der Waals surface area contributed by atoms with E-state index in [0.29, 0.717) is 24.0 Å². The van der Waals surface area contributed by atoms with Crippen LogP contribution in [0.1, 0.15) is 57.6 Å². The zero-order valence-electron chi connectivity index (χ0n) is 17.0. The molecule has 146 valence electrons. The number of rotatable bonds is 3. The zero-order chi connectivity index (χ0) is 20.1. The molecule has 1 aromatic carbocycles. The van der Waals surface area contributed by atoms with E-state index in [1.165, 1.54) is 0 Å². The number of nitrogens with two attached hydrogens (primary N) is 1. The summed E-state index contributed by atoms with van der Waals surface area (Å²) in [6.45, 7) is 9.26. The minimum atomic E-state index is -0.240. The van der Waals surface area contributed by atoms with E-state index < -0.39 is 0 Å². The average Bonchev–Trinajstić information content (AvgIpc) is 2.62. The van der Waals surface area contributed by atoms with Gasteiger partial charge in [0.25, 0.3) is 0 Å². The Hall–Kier alpha value is -2.69. The number of ketones is 1. The van der Waals surface area contributed by atoms with Gasteiger partial charge in [-0.05, 0) is 16.9 Å². The number of fused-ring (bicyclic) bond motifs is 1. The van der Waals surface area contributed by atoms with Gasteiger partial charge in [0.2, 0.25) is 12.1 Å². The molecule has 2 N–H and O–H groups in total. The number of carbonyl (C=O) groups excluding carboxylic acids is 1. The van der Waals surface area contributed by atoms with Crippen molar-refractivity contribution in [2.45, 2.75) is 53.0 Å². The predicted molar refractivity (Wildman–Crippen MR) is 108 cm³/mol. The SMILES string of the molecule is CC(C)C[n+]1cnc2c(c1N)[C@H](c1ccccc1)C1=C(CC(C)(C)CC1=O)O2. The number of benzene rings is 1. The molecule has 0 fully saturated rings. The van der Waals surface area contributed by atoms with E-state index in [1.807, 2.05) is 22.8 Å². The number of hydrogen-bond acceptors (Lipinski definition) is 4. The normalized spacial score (nSPS) is 20.6. The van der Waals surface area contributed by atoms with Gasteiger partial charge in [-0.25, -0.2) is 4.57 Å². The second-order valence-corrected chi connectivity index (χ2v) is 9.12. The molecule has 28 heavy (non-hydrogen) atoms. The first kappa shape index (κ1) is 18.7. The fraction of sp³-hybridized carbons (Fsp3) is 0.435. The first-order valence-electron chi connectivity index (χ1n) is 9.93. The van der Waals surface area contributed by atoms with Crippen molar-refractivity contribution in [3.63, 3.8) is 0 Å². The topological polar surface area (TPSA) is 69.1 Å². The molecule has 0 amide bonds. The summed E-state index contributed by atoms with van der Waals surface area (Å²) in [5.74, 6) is 2.22. The number of ether oxygens (including phenoxy) is 1. The second kappa shape index (κ2) is 6.73. The molecule has 0 saturated carbocycles. The summed E-state index contributed by atoms with van der Waals surface area (Å²) in [6, 6.07) is 10.1. The van der Waals surface area contributed by atoms with Crippen LogP contribution in [0.25, 0.3) is 0 Å². The van der Waals surface area contributed by atoms with Crippen molar-refractivity contribution in [3.8, 4) is 5.88 Å². The third kappa shape index (κ3) is 3.19. The highest BCUT2D eigenvalue weighted by Crippen LogP contribution is 2.50. The molecule has 1 aliphatic carbocycles. The van der Waals surface area contributed by atoms with Crippen molar-refractivity contribution in [2.75, 3.05) is 5.73 Å². The molecule has 1 atom stereocenters. The second-order valence-electron chi connectivity index (χ2n) is 9.12. The van der Waals surface area contributed by atoms with Crippen LogP contribution in [0.5, 0.6) is 5.88 Å². The number of carbonyl (C=O) groups is 1. The number of aromatic nitrogens is 2. The molecule has 4 rings (SSSR count). The summed E-state index contributed by atoms with van der Waals surface area (Å²) in [4.78, 5) is 17.8. The molecule has 2 aromatic rings. The third-order valence-corrected chi connectivity index (χ3v) is 5.50. The first-order chi connectivity index (χ1) is 13.3. The summed E-state index contributed by atoms with van der Waals surface area (Å²) in [7, 11) is 0. The van der Waals surface area contributed by atoms with Crippen molar-refractivity contribution in [1.29, 1.82) is 0 Å². The summed E-state index contributed by atoms with van der Waals surface area (Å²) < 4.78 is 8.15. The van der Waals surface area contributed by atoms with Crippen LogP contribution in [-0.4, -0.2) is 10.8 Å². The minimum Gasteiger partial charge on any atom is -0.430 e. The van der Waals surface area contributed by atoms with Gasteiger partial charge in [-0.1, -0.05) is 63.0 Å². The van der Waals surface area contributed by atoms with Crippen LogP contribution in [0, 0.1) is 11.3 Å². The number of nitrogen functional groups attached to an aromatic ring is 1. The summed E-state index contributed by atoms with van der Waals surface area (Å²) >= 11 is 0. The molecule has 5 heteroatoms. The van der Waals surface area contributed by atoms with E-state index in [0.717, 1.165) is 35.4 Å². The fourth-order valence-electron chi connectivity index (χ4n) is 4.34. The van der Waals surface area contributed by atoms with E-state index in [1.54, 1.807) is 6.33 Å². The van der Waals surface area contributed by atoms with Crippen LogP contribution in [0.3, 0.4) is 0 Å². The van der Waals surface area contributed by atoms with E-state index in [-0.39, 0.29) is 17.1 Å². The van der Waals surface area contributed by atoms with E-state index >= 15 is 0 Å². The summed E-state index contributed by atoms with van der Waals surface area (Å²) in [5.41, 5.74) is 9.09. The van der Waals surface area contributed by atoms with Gasteiger partial charge in [-0.2, -0.15) is 0 Å². The Bertz CT molecular complexity index is 961. The fourth-order valence-corrected chi connectivity index (χ4v) is 4.34. The lowest BCUT2D eigenvalue weighted by Crippen LogP contribution is -2.43.